The van der Waals surface area contributed by atoms with Gasteiger partial charge in [0, 0.05) is 5.39 Å². The molecule has 18 heavy (non-hydrogen) atoms. The van der Waals surface area contributed by atoms with E-state index in [2.05, 4.69) is 4.98 Å². The lowest BCUT2D eigenvalue weighted by molar-refractivity contribution is -0.138. The van der Waals surface area contributed by atoms with Crippen LogP contribution in [-0.4, -0.2) is 22.1 Å². The van der Waals surface area contributed by atoms with E-state index in [1.165, 1.54) is 0 Å². The SMILES string of the molecule is NC(Cc1ccc2nc(Cl)ccc2c1Cl)C(=O)O. The summed E-state index contributed by atoms with van der Waals surface area (Å²) < 4.78 is 0. The number of carboxylic acids is 1. The standard InChI is InChI=1S/C12H10Cl2N2O2/c13-10-4-2-7-9(16-10)3-1-6(11(7)14)5-8(15)12(17)18/h1-4,8H,5,15H2,(H,17,18). The Hall–Kier alpha value is -1.36. The predicted molar refractivity (Wildman–Crippen MR) is 71.1 cm³/mol. The first-order valence-corrected chi connectivity index (χ1v) is 5.96. The van der Waals surface area contributed by atoms with Crippen molar-refractivity contribution in [2.45, 2.75) is 12.5 Å². The smallest absolute Gasteiger partial charge is 0.320 e. The number of rotatable bonds is 3. The molecule has 1 aromatic heterocycles. The molecule has 1 aromatic carbocycles. The summed E-state index contributed by atoms with van der Waals surface area (Å²) >= 11 is 12.0. The van der Waals surface area contributed by atoms with Crippen molar-refractivity contribution >= 4 is 40.1 Å². The Morgan fingerprint density at radius 3 is 2.72 bits per heavy atom. The van der Waals surface area contributed by atoms with Gasteiger partial charge in [-0.25, -0.2) is 4.98 Å². The third kappa shape index (κ3) is 2.56. The monoisotopic (exact) mass is 284 g/mol. The van der Waals surface area contributed by atoms with Gasteiger partial charge in [-0.3, -0.25) is 4.79 Å². The number of halogens is 2. The van der Waals surface area contributed by atoms with Crippen LogP contribution in [0, 0.1) is 0 Å². The lowest BCUT2D eigenvalue weighted by atomic mass is 10.0. The molecule has 94 valence electrons. The number of fused-ring (bicyclic) bond motifs is 1. The first-order chi connectivity index (χ1) is 8.49. The third-order valence-electron chi connectivity index (χ3n) is 2.61. The second kappa shape index (κ2) is 5.10. The third-order valence-corrected chi connectivity index (χ3v) is 3.27. The number of hydrogen-bond acceptors (Lipinski definition) is 3. The molecule has 0 saturated carbocycles. The number of pyridine rings is 1. The molecule has 0 aliphatic rings. The van der Waals surface area contributed by atoms with Gasteiger partial charge in [-0.1, -0.05) is 29.3 Å². The first kappa shape index (κ1) is 13.1. The Kier molecular flexibility index (Phi) is 3.71. The fraction of sp³-hybridized carbons (Fsp3) is 0.167. The van der Waals surface area contributed by atoms with Gasteiger partial charge in [0.2, 0.25) is 0 Å². The molecule has 1 unspecified atom stereocenters. The summed E-state index contributed by atoms with van der Waals surface area (Å²) in [6.07, 6.45) is 0.173. The zero-order valence-electron chi connectivity index (χ0n) is 9.23. The number of hydrogen-bond donors (Lipinski definition) is 2. The van der Waals surface area contributed by atoms with Crippen LogP contribution >= 0.6 is 23.2 Å². The Labute approximate surface area is 113 Å². The molecule has 0 amide bonds. The van der Waals surface area contributed by atoms with Crippen molar-refractivity contribution < 1.29 is 9.90 Å². The lowest BCUT2D eigenvalue weighted by Crippen LogP contribution is -2.32. The van der Waals surface area contributed by atoms with E-state index >= 15 is 0 Å². The number of aromatic nitrogens is 1. The molecule has 0 radical (unpaired) electrons. The molecule has 0 fully saturated rings. The number of nitrogens with zero attached hydrogens (tertiary/aromatic N) is 1. The topological polar surface area (TPSA) is 76.2 Å². The van der Waals surface area contributed by atoms with Crippen LogP contribution in [0.3, 0.4) is 0 Å². The summed E-state index contributed by atoms with van der Waals surface area (Å²) in [5.74, 6) is -1.06. The van der Waals surface area contributed by atoms with E-state index in [1.807, 2.05) is 0 Å². The molecule has 0 spiro atoms. The van der Waals surface area contributed by atoms with Crippen molar-refractivity contribution in [1.82, 2.24) is 4.98 Å². The van der Waals surface area contributed by atoms with Crippen molar-refractivity contribution in [3.63, 3.8) is 0 Å². The summed E-state index contributed by atoms with van der Waals surface area (Å²) in [7, 11) is 0. The van der Waals surface area contributed by atoms with Gasteiger partial charge in [-0.2, -0.15) is 0 Å². The van der Waals surface area contributed by atoms with Crippen LogP contribution < -0.4 is 5.73 Å². The summed E-state index contributed by atoms with van der Waals surface area (Å²) in [6, 6.07) is 5.88. The van der Waals surface area contributed by atoms with Gasteiger partial charge in [0.05, 0.1) is 10.5 Å². The highest BCUT2D eigenvalue weighted by atomic mass is 35.5. The minimum Gasteiger partial charge on any atom is -0.480 e. The zero-order valence-corrected chi connectivity index (χ0v) is 10.7. The molecular weight excluding hydrogens is 275 g/mol. The van der Waals surface area contributed by atoms with Gasteiger partial charge in [-0.15, -0.1) is 0 Å². The average molecular weight is 285 g/mol. The van der Waals surface area contributed by atoms with Gasteiger partial charge in [0.25, 0.3) is 0 Å². The minimum atomic E-state index is -1.06. The molecule has 0 aliphatic heterocycles. The van der Waals surface area contributed by atoms with E-state index in [0.717, 1.165) is 5.39 Å². The molecule has 2 aromatic rings. The van der Waals surface area contributed by atoms with E-state index in [-0.39, 0.29) is 6.42 Å². The molecule has 1 heterocycles. The molecule has 3 N–H and O–H groups in total. The second-order valence-corrected chi connectivity index (χ2v) is 4.65. The normalized spacial score (nSPS) is 12.6. The van der Waals surface area contributed by atoms with Gasteiger partial charge >= 0.3 is 5.97 Å². The Bertz CT molecular complexity index is 616. The number of carbonyl (C=O) groups is 1. The van der Waals surface area contributed by atoms with Crippen molar-refractivity contribution in [2.24, 2.45) is 5.73 Å². The maximum atomic E-state index is 10.7. The highest BCUT2D eigenvalue weighted by Gasteiger charge is 2.15. The molecule has 0 bridgehead atoms. The van der Waals surface area contributed by atoms with Gasteiger partial charge in [-0.05, 0) is 30.2 Å². The summed E-state index contributed by atoms with van der Waals surface area (Å²) in [5.41, 5.74) is 6.84. The van der Waals surface area contributed by atoms with Crippen LogP contribution in [0.5, 0.6) is 0 Å². The number of nitrogens with two attached hydrogens (primary N) is 1. The molecule has 1 atom stereocenters. The lowest BCUT2D eigenvalue weighted by Gasteiger charge is -2.10. The van der Waals surface area contributed by atoms with Gasteiger partial charge in [0.1, 0.15) is 11.2 Å². The van der Waals surface area contributed by atoms with Crippen LogP contribution in [0.4, 0.5) is 0 Å². The van der Waals surface area contributed by atoms with E-state index in [0.29, 0.717) is 21.3 Å². The van der Waals surface area contributed by atoms with Gasteiger partial charge in [0.15, 0.2) is 0 Å². The van der Waals surface area contributed by atoms with Crippen molar-refractivity contribution in [3.05, 3.63) is 40.0 Å². The van der Waals surface area contributed by atoms with Crippen LogP contribution in [-0.2, 0) is 11.2 Å². The quantitative estimate of drug-likeness (QED) is 0.849. The van der Waals surface area contributed by atoms with Crippen molar-refractivity contribution in [1.29, 1.82) is 0 Å². The summed E-state index contributed by atoms with van der Waals surface area (Å²) in [6.45, 7) is 0. The zero-order chi connectivity index (χ0) is 13.3. The van der Waals surface area contributed by atoms with Crippen molar-refractivity contribution in [2.75, 3.05) is 0 Å². The molecule has 6 heteroatoms. The Morgan fingerprint density at radius 2 is 2.06 bits per heavy atom. The largest absolute Gasteiger partial charge is 0.480 e. The summed E-state index contributed by atoms with van der Waals surface area (Å²) in [5, 5.41) is 10.4. The van der Waals surface area contributed by atoms with Crippen LogP contribution in [0.2, 0.25) is 10.2 Å². The maximum absolute atomic E-state index is 10.7. The minimum absolute atomic E-state index is 0.173. The average Bonchev–Trinajstić information content (AvgIpc) is 2.32. The highest BCUT2D eigenvalue weighted by Crippen LogP contribution is 2.28. The van der Waals surface area contributed by atoms with Crippen LogP contribution in [0.1, 0.15) is 5.56 Å². The molecule has 0 saturated heterocycles. The number of benzene rings is 1. The van der Waals surface area contributed by atoms with Gasteiger partial charge < -0.3 is 10.8 Å². The first-order valence-electron chi connectivity index (χ1n) is 5.21. The molecular formula is C12H10Cl2N2O2. The van der Waals surface area contributed by atoms with Crippen molar-refractivity contribution in [3.8, 4) is 0 Å². The molecule has 4 nitrogen and oxygen atoms in total. The van der Waals surface area contributed by atoms with E-state index < -0.39 is 12.0 Å². The molecule has 2 rings (SSSR count). The Morgan fingerprint density at radius 1 is 1.33 bits per heavy atom. The highest BCUT2D eigenvalue weighted by molar-refractivity contribution is 6.36. The number of aliphatic carboxylic acids is 1. The van der Waals surface area contributed by atoms with Crippen LogP contribution in [0.25, 0.3) is 10.9 Å². The second-order valence-electron chi connectivity index (χ2n) is 3.89. The van der Waals surface area contributed by atoms with E-state index in [1.54, 1.807) is 24.3 Å². The molecule has 0 aliphatic carbocycles. The Balaban J connectivity index is 2.45. The van der Waals surface area contributed by atoms with E-state index in [9.17, 15) is 4.79 Å². The fourth-order valence-corrected chi connectivity index (χ4v) is 2.12. The predicted octanol–water partition coefficient (Wildman–Crippen LogP) is 2.50. The number of carboxylic acid groups (broad SMARTS) is 1. The maximum Gasteiger partial charge on any atom is 0.320 e. The summed E-state index contributed by atoms with van der Waals surface area (Å²) in [4.78, 5) is 14.9. The van der Waals surface area contributed by atoms with E-state index in [4.69, 9.17) is 34.0 Å². The fourth-order valence-electron chi connectivity index (χ4n) is 1.67. The van der Waals surface area contributed by atoms with Crippen LogP contribution in [0.15, 0.2) is 24.3 Å².